The largest absolute Gasteiger partial charge is 0.470 e. The number of benzene rings is 1. The molecule has 0 N–H and O–H groups in total. The van der Waals surface area contributed by atoms with Gasteiger partial charge in [0.1, 0.15) is 6.26 Å². The molecule has 1 heterocycles. The van der Waals surface area contributed by atoms with E-state index in [1.54, 1.807) is 12.5 Å². The van der Waals surface area contributed by atoms with Gasteiger partial charge in [0.2, 0.25) is 0 Å². The average Bonchev–Trinajstić information content (AvgIpc) is 2.72. The Morgan fingerprint density at radius 3 is 2.57 bits per heavy atom. The normalized spacial score (nSPS) is 10.1. The van der Waals surface area contributed by atoms with E-state index in [1.807, 2.05) is 12.1 Å². The van der Waals surface area contributed by atoms with Crippen LogP contribution in [0.5, 0.6) is 0 Å². The van der Waals surface area contributed by atoms with Gasteiger partial charge in [-0.15, -0.1) is 0 Å². The van der Waals surface area contributed by atoms with Crippen molar-refractivity contribution in [3.05, 3.63) is 54.5 Å². The molecule has 2 aromatic rings. The molecule has 2 heteroatoms. The molecule has 0 saturated heterocycles. The molecule has 14 heavy (non-hydrogen) atoms. The molecule has 2 nitrogen and oxygen atoms in total. The molecule has 0 radical (unpaired) electrons. The Morgan fingerprint density at radius 1 is 1.14 bits per heavy atom. The lowest BCUT2D eigenvalue weighted by atomic mass is 10.2. The monoisotopic (exact) mass is 187 g/mol. The van der Waals surface area contributed by atoms with Crippen molar-refractivity contribution >= 4 is 5.69 Å². The SMILES string of the molecule is CN(Cc1ccccc1)c1ccoc1. The Morgan fingerprint density at radius 2 is 1.93 bits per heavy atom. The second kappa shape index (κ2) is 4.01. The highest BCUT2D eigenvalue weighted by atomic mass is 16.3. The molecular formula is C12H13NO. The van der Waals surface area contributed by atoms with E-state index in [9.17, 15) is 0 Å². The molecule has 0 saturated carbocycles. The van der Waals surface area contributed by atoms with Crippen molar-refractivity contribution < 1.29 is 4.42 Å². The maximum atomic E-state index is 5.03. The summed E-state index contributed by atoms with van der Waals surface area (Å²) in [4.78, 5) is 2.15. The lowest BCUT2D eigenvalue weighted by Crippen LogP contribution is -2.15. The smallest absolute Gasteiger partial charge is 0.114 e. The first kappa shape index (κ1) is 8.88. The van der Waals surface area contributed by atoms with Crippen LogP contribution in [0.4, 0.5) is 5.69 Å². The zero-order chi connectivity index (χ0) is 9.80. The Hall–Kier alpha value is -1.70. The topological polar surface area (TPSA) is 16.4 Å². The minimum absolute atomic E-state index is 0.903. The predicted octanol–water partition coefficient (Wildman–Crippen LogP) is 2.92. The van der Waals surface area contributed by atoms with Crippen molar-refractivity contribution in [3.63, 3.8) is 0 Å². The fourth-order valence-electron chi connectivity index (χ4n) is 1.42. The van der Waals surface area contributed by atoms with E-state index in [1.165, 1.54) is 5.56 Å². The van der Waals surface area contributed by atoms with E-state index in [2.05, 4.69) is 36.2 Å². The molecule has 0 amide bonds. The van der Waals surface area contributed by atoms with E-state index in [-0.39, 0.29) is 0 Å². The van der Waals surface area contributed by atoms with E-state index in [0.29, 0.717) is 0 Å². The number of nitrogens with zero attached hydrogens (tertiary/aromatic N) is 1. The molecule has 72 valence electrons. The van der Waals surface area contributed by atoms with Gasteiger partial charge >= 0.3 is 0 Å². The highest BCUT2D eigenvalue weighted by molar-refractivity contribution is 5.42. The number of rotatable bonds is 3. The molecular weight excluding hydrogens is 174 g/mol. The van der Waals surface area contributed by atoms with Crippen LogP contribution in [0.15, 0.2) is 53.3 Å². The number of anilines is 1. The summed E-state index contributed by atoms with van der Waals surface area (Å²) in [6.07, 6.45) is 3.44. The second-order valence-electron chi connectivity index (χ2n) is 3.32. The zero-order valence-corrected chi connectivity index (χ0v) is 8.18. The van der Waals surface area contributed by atoms with E-state index < -0.39 is 0 Å². The molecule has 0 bridgehead atoms. The quantitative estimate of drug-likeness (QED) is 0.734. The molecule has 2 rings (SSSR count). The average molecular weight is 187 g/mol. The standard InChI is InChI=1S/C12H13NO/c1-13(12-7-8-14-10-12)9-11-5-3-2-4-6-11/h2-8,10H,9H2,1H3. The third-order valence-corrected chi connectivity index (χ3v) is 2.21. The molecule has 0 aliphatic carbocycles. The van der Waals surface area contributed by atoms with Crippen molar-refractivity contribution in [2.75, 3.05) is 11.9 Å². The summed E-state index contributed by atoms with van der Waals surface area (Å²) in [6, 6.07) is 12.3. The number of hydrogen-bond donors (Lipinski definition) is 0. The van der Waals surface area contributed by atoms with Crippen molar-refractivity contribution in [2.24, 2.45) is 0 Å². The molecule has 0 atom stereocenters. The molecule has 1 aromatic carbocycles. The van der Waals surface area contributed by atoms with Gasteiger partial charge in [-0.3, -0.25) is 0 Å². The van der Waals surface area contributed by atoms with Crippen molar-refractivity contribution in [1.82, 2.24) is 0 Å². The third kappa shape index (κ3) is 1.96. The van der Waals surface area contributed by atoms with Gasteiger partial charge in [-0.05, 0) is 11.6 Å². The van der Waals surface area contributed by atoms with Crippen molar-refractivity contribution in [1.29, 1.82) is 0 Å². The third-order valence-electron chi connectivity index (χ3n) is 2.21. The van der Waals surface area contributed by atoms with Crippen LogP contribution in [0.25, 0.3) is 0 Å². The van der Waals surface area contributed by atoms with Gasteiger partial charge in [0.05, 0.1) is 12.0 Å². The van der Waals surface area contributed by atoms with Gasteiger partial charge in [-0.1, -0.05) is 30.3 Å². The van der Waals surface area contributed by atoms with Crippen LogP contribution in [-0.2, 0) is 6.54 Å². The summed E-state index contributed by atoms with van der Waals surface area (Å²) in [7, 11) is 2.05. The first-order chi connectivity index (χ1) is 6.86. The summed E-state index contributed by atoms with van der Waals surface area (Å²) in [5, 5.41) is 0. The van der Waals surface area contributed by atoms with Gasteiger partial charge in [0.15, 0.2) is 0 Å². The molecule has 0 fully saturated rings. The Balaban J connectivity index is 2.06. The van der Waals surface area contributed by atoms with Crippen molar-refractivity contribution in [3.8, 4) is 0 Å². The maximum Gasteiger partial charge on any atom is 0.114 e. The number of hydrogen-bond acceptors (Lipinski definition) is 2. The van der Waals surface area contributed by atoms with E-state index >= 15 is 0 Å². The van der Waals surface area contributed by atoms with E-state index in [0.717, 1.165) is 12.2 Å². The van der Waals surface area contributed by atoms with Crippen LogP contribution in [0, 0.1) is 0 Å². The minimum Gasteiger partial charge on any atom is -0.470 e. The Bertz CT molecular complexity index is 366. The summed E-state index contributed by atoms with van der Waals surface area (Å²) in [6.45, 7) is 0.903. The predicted molar refractivity (Wildman–Crippen MR) is 57.3 cm³/mol. The zero-order valence-electron chi connectivity index (χ0n) is 8.18. The van der Waals surface area contributed by atoms with Crippen LogP contribution >= 0.6 is 0 Å². The van der Waals surface area contributed by atoms with Crippen LogP contribution in [0.2, 0.25) is 0 Å². The fraction of sp³-hybridized carbons (Fsp3) is 0.167. The maximum absolute atomic E-state index is 5.03. The second-order valence-corrected chi connectivity index (χ2v) is 3.32. The van der Waals surface area contributed by atoms with Gasteiger partial charge in [0, 0.05) is 13.6 Å². The molecule has 1 aromatic heterocycles. The first-order valence-corrected chi connectivity index (χ1v) is 4.63. The van der Waals surface area contributed by atoms with Crippen LogP contribution in [-0.4, -0.2) is 7.05 Å². The van der Waals surface area contributed by atoms with Gasteiger partial charge in [-0.2, -0.15) is 0 Å². The molecule has 0 unspecified atom stereocenters. The summed E-state index contributed by atoms with van der Waals surface area (Å²) < 4.78 is 5.03. The van der Waals surface area contributed by atoms with Gasteiger partial charge < -0.3 is 9.32 Å². The fourth-order valence-corrected chi connectivity index (χ4v) is 1.42. The van der Waals surface area contributed by atoms with Crippen molar-refractivity contribution in [2.45, 2.75) is 6.54 Å². The van der Waals surface area contributed by atoms with Gasteiger partial charge in [0.25, 0.3) is 0 Å². The highest BCUT2D eigenvalue weighted by Gasteiger charge is 2.01. The molecule has 0 spiro atoms. The first-order valence-electron chi connectivity index (χ1n) is 4.63. The van der Waals surface area contributed by atoms with Crippen LogP contribution < -0.4 is 4.90 Å². The lowest BCUT2D eigenvalue weighted by Gasteiger charge is -2.16. The number of furan rings is 1. The van der Waals surface area contributed by atoms with Gasteiger partial charge in [-0.25, -0.2) is 0 Å². The Labute approximate surface area is 83.8 Å². The molecule has 0 aliphatic heterocycles. The Kier molecular flexibility index (Phi) is 2.54. The van der Waals surface area contributed by atoms with Crippen LogP contribution in [0.3, 0.4) is 0 Å². The summed E-state index contributed by atoms with van der Waals surface area (Å²) >= 11 is 0. The summed E-state index contributed by atoms with van der Waals surface area (Å²) in [5.41, 5.74) is 2.41. The highest BCUT2D eigenvalue weighted by Crippen LogP contribution is 2.15. The lowest BCUT2D eigenvalue weighted by molar-refractivity contribution is 0.566. The van der Waals surface area contributed by atoms with E-state index in [4.69, 9.17) is 4.42 Å². The summed E-state index contributed by atoms with van der Waals surface area (Å²) in [5.74, 6) is 0. The minimum atomic E-state index is 0.903. The van der Waals surface area contributed by atoms with Crippen LogP contribution in [0.1, 0.15) is 5.56 Å². The molecule has 0 aliphatic rings.